The maximum absolute atomic E-state index is 12.9. The lowest BCUT2D eigenvalue weighted by molar-refractivity contribution is 0.0985. The Bertz CT molecular complexity index is 950. The molecule has 25 heavy (non-hydrogen) atoms. The zero-order valence-electron chi connectivity index (χ0n) is 15.4. The van der Waals surface area contributed by atoms with E-state index in [0.29, 0.717) is 6.42 Å². The number of benzene rings is 3. The fourth-order valence-corrected chi connectivity index (χ4v) is 3.17. The van der Waals surface area contributed by atoms with Gasteiger partial charge in [0.1, 0.15) is 0 Å². The van der Waals surface area contributed by atoms with Crippen molar-refractivity contribution in [1.29, 1.82) is 0 Å². The van der Waals surface area contributed by atoms with Crippen molar-refractivity contribution in [2.45, 2.75) is 40.5 Å². The highest BCUT2D eigenvalue weighted by Crippen LogP contribution is 2.33. The smallest absolute Gasteiger partial charge is 0.164 e. The Morgan fingerprint density at radius 2 is 1.36 bits per heavy atom. The van der Waals surface area contributed by atoms with Crippen molar-refractivity contribution >= 4 is 27.3 Å². The fraction of sp³-hybridized carbons (Fsp3) is 0.292. The molecule has 0 atom stereocenters. The highest BCUT2D eigenvalue weighted by atomic mass is 16.1. The zero-order chi connectivity index (χ0) is 18.0. The van der Waals surface area contributed by atoms with Gasteiger partial charge >= 0.3 is 0 Å². The predicted molar refractivity (Wildman–Crippen MR) is 107 cm³/mol. The fourth-order valence-electron chi connectivity index (χ4n) is 3.17. The molecule has 0 N–H and O–H groups in total. The van der Waals surface area contributed by atoms with Crippen LogP contribution in [-0.2, 0) is 0 Å². The minimum Gasteiger partial charge on any atom is -0.294 e. The van der Waals surface area contributed by atoms with E-state index in [1.165, 1.54) is 0 Å². The van der Waals surface area contributed by atoms with E-state index in [1.807, 2.05) is 43.3 Å². The summed E-state index contributed by atoms with van der Waals surface area (Å²) in [6, 6.07) is 16.3. The lowest BCUT2D eigenvalue weighted by Gasteiger charge is -2.14. The van der Waals surface area contributed by atoms with E-state index < -0.39 is 0 Å². The first kappa shape index (κ1) is 17.2. The van der Waals surface area contributed by atoms with Gasteiger partial charge in [0.15, 0.2) is 5.78 Å². The maximum Gasteiger partial charge on any atom is 0.164 e. The molecule has 0 heterocycles. The lowest BCUT2D eigenvalue weighted by atomic mass is 9.88. The molecule has 3 aromatic carbocycles. The molecule has 0 aliphatic heterocycles. The SMILES string of the molecule is CCCC(=O)c1c2ccccc2c(C#CC(C)(C)C)c2ccccc12. The van der Waals surface area contributed by atoms with E-state index in [0.717, 1.165) is 39.1 Å². The molecule has 3 rings (SSSR count). The van der Waals surface area contributed by atoms with Crippen molar-refractivity contribution in [2.24, 2.45) is 5.41 Å². The van der Waals surface area contributed by atoms with Crippen molar-refractivity contribution in [3.63, 3.8) is 0 Å². The van der Waals surface area contributed by atoms with Gasteiger partial charge in [0.2, 0.25) is 0 Å². The van der Waals surface area contributed by atoms with Crippen LogP contribution in [-0.4, -0.2) is 5.78 Å². The summed E-state index contributed by atoms with van der Waals surface area (Å²) in [5.74, 6) is 6.98. The van der Waals surface area contributed by atoms with Crippen molar-refractivity contribution < 1.29 is 4.79 Å². The van der Waals surface area contributed by atoms with Gasteiger partial charge in [-0.2, -0.15) is 0 Å². The van der Waals surface area contributed by atoms with Crippen molar-refractivity contribution in [2.75, 3.05) is 0 Å². The summed E-state index contributed by atoms with van der Waals surface area (Å²) < 4.78 is 0. The number of fused-ring (bicyclic) bond motifs is 2. The molecule has 0 saturated heterocycles. The number of hydrogen-bond donors (Lipinski definition) is 0. The summed E-state index contributed by atoms with van der Waals surface area (Å²) in [6.07, 6.45) is 1.42. The Hall–Kier alpha value is -2.59. The van der Waals surface area contributed by atoms with Crippen LogP contribution in [0.1, 0.15) is 56.5 Å². The maximum atomic E-state index is 12.9. The Balaban J connectivity index is 2.46. The Morgan fingerprint density at radius 3 is 1.80 bits per heavy atom. The van der Waals surface area contributed by atoms with E-state index in [9.17, 15) is 4.79 Å². The average molecular weight is 328 g/mol. The van der Waals surface area contributed by atoms with Crippen LogP contribution in [0.15, 0.2) is 48.5 Å². The van der Waals surface area contributed by atoms with Gasteiger partial charge in [0, 0.05) is 23.0 Å². The number of carbonyl (C=O) groups is 1. The normalized spacial score (nSPS) is 11.4. The predicted octanol–water partition coefficient (Wildman–Crippen LogP) is 6.37. The molecule has 126 valence electrons. The Kier molecular flexibility index (Phi) is 4.64. The first-order valence-corrected chi connectivity index (χ1v) is 8.92. The van der Waals surface area contributed by atoms with E-state index in [4.69, 9.17) is 0 Å². The van der Waals surface area contributed by atoms with Crippen molar-refractivity contribution in [1.82, 2.24) is 0 Å². The number of Topliss-reactive ketones (excluding diaryl/α,β-unsaturated/α-hetero) is 1. The number of rotatable bonds is 3. The van der Waals surface area contributed by atoms with Gasteiger partial charge in [-0.3, -0.25) is 4.79 Å². The second-order valence-corrected chi connectivity index (χ2v) is 7.51. The van der Waals surface area contributed by atoms with Gasteiger partial charge < -0.3 is 0 Å². The van der Waals surface area contributed by atoms with Crippen LogP contribution in [0.3, 0.4) is 0 Å². The Morgan fingerprint density at radius 1 is 0.880 bits per heavy atom. The molecule has 0 unspecified atom stereocenters. The quantitative estimate of drug-likeness (QED) is 0.310. The molecular weight excluding hydrogens is 304 g/mol. The van der Waals surface area contributed by atoms with Gasteiger partial charge in [-0.1, -0.05) is 67.3 Å². The minimum atomic E-state index is -0.0705. The van der Waals surface area contributed by atoms with E-state index in [1.54, 1.807) is 0 Å². The number of ketones is 1. The highest BCUT2D eigenvalue weighted by Gasteiger charge is 2.17. The molecule has 0 radical (unpaired) electrons. The zero-order valence-corrected chi connectivity index (χ0v) is 15.4. The standard InChI is InChI=1S/C24H24O/c1-5-10-22(25)23-20-13-8-6-11-17(20)19(15-16-24(2,3)4)18-12-7-9-14-21(18)23/h6-9,11-14H,5,10H2,1-4H3. The largest absolute Gasteiger partial charge is 0.294 e. The van der Waals surface area contributed by atoms with Gasteiger partial charge in [0.05, 0.1) is 0 Å². The molecule has 3 aromatic rings. The van der Waals surface area contributed by atoms with Crippen LogP contribution < -0.4 is 0 Å². The molecule has 0 amide bonds. The molecule has 0 aromatic heterocycles. The summed E-state index contributed by atoms with van der Waals surface area (Å²) in [7, 11) is 0. The van der Waals surface area contributed by atoms with E-state index >= 15 is 0 Å². The summed E-state index contributed by atoms with van der Waals surface area (Å²) in [6.45, 7) is 8.39. The first-order chi connectivity index (χ1) is 11.9. The first-order valence-electron chi connectivity index (χ1n) is 8.92. The third-order valence-corrected chi connectivity index (χ3v) is 4.25. The van der Waals surface area contributed by atoms with E-state index in [-0.39, 0.29) is 11.2 Å². The monoisotopic (exact) mass is 328 g/mol. The van der Waals surface area contributed by atoms with Gasteiger partial charge in [-0.25, -0.2) is 0 Å². The van der Waals surface area contributed by atoms with Crippen LogP contribution in [0, 0.1) is 17.3 Å². The van der Waals surface area contributed by atoms with E-state index in [2.05, 4.69) is 44.7 Å². The molecule has 1 heteroatoms. The summed E-state index contributed by atoms with van der Waals surface area (Å²) >= 11 is 0. The molecule has 0 aliphatic carbocycles. The molecular formula is C24H24O. The summed E-state index contributed by atoms with van der Waals surface area (Å²) in [5.41, 5.74) is 1.79. The minimum absolute atomic E-state index is 0.0705. The van der Waals surface area contributed by atoms with Gasteiger partial charge in [-0.15, -0.1) is 0 Å². The number of carbonyl (C=O) groups excluding carboxylic acids is 1. The molecule has 0 bridgehead atoms. The molecule has 0 aliphatic rings. The van der Waals surface area contributed by atoms with Gasteiger partial charge in [0.25, 0.3) is 0 Å². The van der Waals surface area contributed by atoms with Crippen LogP contribution in [0.5, 0.6) is 0 Å². The van der Waals surface area contributed by atoms with Crippen LogP contribution in [0.2, 0.25) is 0 Å². The van der Waals surface area contributed by atoms with Crippen molar-refractivity contribution in [3.05, 3.63) is 59.7 Å². The second kappa shape index (κ2) is 6.73. The molecule has 0 saturated carbocycles. The summed E-state index contributed by atoms with van der Waals surface area (Å²) in [5, 5.41) is 4.16. The second-order valence-electron chi connectivity index (χ2n) is 7.51. The third kappa shape index (κ3) is 3.44. The number of hydrogen-bond acceptors (Lipinski definition) is 1. The van der Waals surface area contributed by atoms with Gasteiger partial charge in [-0.05, 0) is 48.7 Å². The molecule has 0 fully saturated rings. The summed E-state index contributed by atoms with van der Waals surface area (Å²) in [4.78, 5) is 12.9. The van der Waals surface area contributed by atoms with Crippen LogP contribution >= 0.6 is 0 Å². The van der Waals surface area contributed by atoms with Crippen molar-refractivity contribution in [3.8, 4) is 11.8 Å². The molecule has 1 nitrogen and oxygen atoms in total. The lowest BCUT2D eigenvalue weighted by Crippen LogP contribution is -2.03. The highest BCUT2D eigenvalue weighted by molar-refractivity contribution is 6.21. The van der Waals surface area contributed by atoms with Crippen LogP contribution in [0.4, 0.5) is 0 Å². The van der Waals surface area contributed by atoms with Crippen LogP contribution in [0.25, 0.3) is 21.5 Å². The Labute approximate surface area is 150 Å². The molecule has 0 spiro atoms. The average Bonchev–Trinajstić information content (AvgIpc) is 2.57. The third-order valence-electron chi connectivity index (χ3n) is 4.25. The topological polar surface area (TPSA) is 17.1 Å².